The first kappa shape index (κ1) is 11.5. The molecule has 0 heterocycles. The van der Waals surface area contributed by atoms with E-state index in [1.807, 2.05) is 0 Å². The molecule has 0 amide bonds. The standard InChI is InChI=1S/C11H14O5/c1-10(12)6-7-11(13,15-16-14)9-5-3-2-4-8(9)10/h2-5,12-14H,6-7H2,1H3. The normalized spacial score (nSPS) is 33.5. The molecule has 1 aliphatic carbocycles. The van der Waals surface area contributed by atoms with E-state index in [2.05, 4.69) is 9.93 Å². The molecule has 0 saturated carbocycles. The van der Waals surface area contributed by atoms with Crippen molar-refractivity contribution in [3.8, 4) is 0 Å². The van der Waals surface area contributed by atoms with Crippen molar-refractivity contribution in [3.63, 3.8) is 0 Å². The van der Waals surface area contributed by atoms with E-state index in [9.17, 15) is 10.2 Å². The smallest absolute Gasteiger partial charge is 0.228 e. The number of fused-ring (bicyclic) bond motifs is 1. The van der Waals surface area contributed by atoms with Gasteiger partial charge in [-0.1, -0.05) is 29.3 Å². The monoisotopic (exact) mass is 226 g/mol. The van der Waals surface area contributed by atoms with Crippen LogP contribution in [-0.4, -0.2) is 15.5 Å². The van der Waals surface area contributed by atoms with Crippen LogP contribution in [0.3, 0.4) is 0 Å². The van der Waals surface area contributed by atoms with Crippen molar-refractivity contribution >= 4 is 0 Å². The van der Waals surface area contributed by atoms with Crippen molar-refractivity contribution in [2.24, 2.45) is 0 Å². The number of aliphatic hydroxyl groups is 2. The first-order chi connectivity index (χ1) is 7.49. The number of hydrogen-bond donors (Lipinski definition) is 3. The number of benzene rings is 1. The van der Waals surface area contributed by atoms with Gasteiger partial charge >= 0.3 is 0 Å². The summed E-state index contributed by atoms with van der Waals surface area (Å²) in [7, 11) is 0. The van der Waals surface area contributed by atoms with Gasteiger partial charge in [0.2, 0.25) is 5.79 Å². The molecule has 1 aromatic carbocycles. The zero-order valence-electron chi connectivity index (χ0n) is 8.88. The average Bonchev–Trinajstić information content (AvgIpc) is 2.26. The minimum atomic E-state index is -1.71. The van der Waals surface area contributed by atoms with Gasteiger partial charge in [0.25, 0.3) is 0 Å². The van der Waals surface area contributed by atoms with Crippen LogP contribution < -0.4 is 0 Å². The lowest BCUT2D eigenvalue weighted by atomic mass is 9.77. The molecule has 0 radical (unpaired) electrons. The third-order valence-electron chi connectivity index (χ3n) is 3.05. The van der Waals surface area contributed by atoms with E-state index in [0.717, 1.165) is 0 Å². The van der Waals surface area contributed by atoms with E-state index in [0.29, 0.717) is 17.5 Å². The number of hydrogen-bond acceptors (Lipinski definition) is 5. The van der Waals surface area contributed by atoms with Crippen LogP contribution in [0.15, 0.2) is 24.3 Å². The van der Waals surface area contributed by atoms with E-state index in [1.54, 1.807) is 31.2 Å². The zero-order valence-corrected chi connectivity index (χ0v) is 8.88. The van der Waals surface area contributed by atoms with Crippen LogP contribution in [0.2, 0.25) is 0 Å². The second kappa shape index (κ2) is 3.80. The summed E-state index contributed by atoms with van der Waals surface area (Å²) < 4.78 is 0. The van der Waals surface area contributed by atoms with Gasteiger partial charge in [0.1, 0.15) is 0 Å². The molecule has 88 valence electrons. The molecule has 3 N–H and O–H groups in total. The highest BCUT2D eigenvalue weighted by Crippen LogP contribution is 2.43. The lowest BCUT2D eigenvalue weighted by Gasteiger charge is -2.39. The molecular weight excluding hydrogens is 212 g/mol. The minimum Gasteiger partial charge on any atom is -0.385 e. The molecule has 16 heavy (non-hydrogen) atoms. The molecule has 2 rings (SSSR count). The Morgan fingerprint density at radius 1 is 1.12 bits per heavy atom. The van der Waals surface area contributed by atoms with Crippen molar-refractivity contribution in [2.45, 2.75) is 31.2 Å². The van der Waals surface area contributed by atoms with Crippen LogP contribution >= 0.6 is 0 Å². The second-order valence-electron chi connectivity index (χ2n) is 4.26. The van der Waals surface area contributed by atoms with Gasteiger partial charge in [-0.15, -0.1) is 0 Å². The Kier molecular flexibility index (Phi) is 2.73. The molecule has 2 unspecified atom stereocenters. The summed E-state index contributed by atoms with van der Waals surface area (Å²) in [5, 5.41) is 32.2. The second-order valence-corrected chi connectivity index (χ2v) is 4.26. The Morgan fingerprint density at radius 2 is 1.75 bits per heavy atom. The Balaban J connectivity index is 2.51. The number of rotatable bonds is 2. The molecule has 0 saturated heterocycles. The maximum atomic E-state index is 10.2. The summed E-state index contributed by atoms with van der Waals surface area (Å²) >= 11 is 0. The van der Waals surface area contributed by atoms with Crippen LogP contribution in [-0.2, 0) is 21.3 Å². The van der Waals surface area contributed by atoms with Crippen molar-refractivity contribution in [2.75, 3.05) is 0 Å². The molecule has 5 nitrogen and oxygen atoms in total. The highest BCUT2D eigenvalue weighted by molar-refractivity contribution is 5.37. The van der Waals surface area contributed by atoms with Crippen molar-refractivity contribution in [1.82, 2.24) is 0 Å². The lowest BCUT2D eigenvalue weighted by molar-refractivity contribution is -0.561. The third-order valence-corrected chi connectivity index (χ3v) is 3.05. The highest BCUT2D eigenvalue weighted by atomic mass is 17.5. The summed E-state index contributed by atoms with van der Waals surface area (Å²) in [6, 6.07) is 6.81. The Labute approximate surface area is 92.7 Å². The van der Waals surface area contributed by atoms with Crippen LogP contribution in [0.4, 0.5) is 0 Å². The van der Waals surface area contributed by atoms with E-state index < -0.39 is 11.4 Å². The Bertz CT molecular complexity index is 390. The van der Waals surface area contributed by atoms with Crippen LogP contribution in [0.25, 0.3) is 0 Å². The molecule has 2 atom stereocenters. The van der Waals surface area contributed by atoms with Gasteiger partial charge < -0.3 is 10.2 Å². The van der Waals surface area contributed by atoms with Crippen molar-refractivity contribution in [3.05, 3.63) is 35.4 Å². The predicted octanol–water partition coefficient (Wildman–Crippen LogP) is 1.25. The van der Waals surface area contributed by atoms with Gasteiger partial charge in [-0.3, -0.25) is 0 Å². The Hall–Kier alpha value is -0.980. The first-order valence-electron chi connectivity index (χ1n) is 5.04. The summed E-state index contributed by atoms with van der Waals surface area (Å²) in [6.07, 6.45) is 0.446. The summed E-state index contributed by atoms with van der Waals surface area (Å²) in [5.41, 5.74) is -0.0390. The van der Waals surface area contributed by atoms with Gasteiger partial charge in [0, 0.05) is 12.0 Å². The maximum absolute atomic E-state index is 10.2. The van der Waals surface area contributed by atoms with E-state index >= 15 is 0 Å². The van der Waals surface area contributed by atoms with Gasteiger partial charge in [-0.25, -0.2) is 5.26 Å². The first-order valence-corrected chi connectivity index (χ1v) is 5.04. The molecule has 0 fully saturated rings. The van der Waals surface area contributed by atoms with E-state index in [4.69, 9.17) is 5.26 Å². The highest BCUT2D eigenvalue weighted by Gasteiger charge is 2.44. The van der Waals surface area contributed by atoms with Crippen LogP contribution in [0.5, 0.6) is 0 Å². The topological polar surface area (TPSA) is 79.2 Å². The fraction of sp³-hybridized carbons (Fsp3) is 0.455. The van der Waals surface area contributed by atoms with Gasteiger partial charge in [-0.05, 0) is 18.9 Å². The SMILES string of the molecule is CC1(O)CCC(O)(OOO)c2ccccc21. The van der Waals surface area contributed by atoms with E-state index in [1.165, 1.54) is 0 Å². The van der Waals surface area contributed by atoms with Gasteiger partial charge in [0.05, 0.1) is 5.60 Å². The molecule has 1 aliphatic rings. The fourth-order valence-corrected chi connectivity index (χ4v) is 2.12. The third kappa shape index (κ3) is 1.73. The average molecular weight is 226 g/mol. The largest absolute Gasteiger partial charge is 0.385 e. The zero-order chi connectivity index (χ0) is 11.8. The minimum absolute atomic E-state index is 0.136. The van der Waals surface area contributed by atoms with Crippen molar-refractivity contribution in [1.29, 1.82) is 0 Å². The molecule has 1 aromatic rings. The summed E-state index contributed by atoms with van der Waals surface area (Å²) in [6.45, 7) is 1.67. The van der Waals surface area contributed by atoms with Crippen LogP contribution in [0.1, 0.15) is 30.9 Å². The molecule has 0 bridgehead atoms. The van der Waals surface area contributed by atoms with E-state index in [-0.39, 0.29) is 6.42 Å². The Morgan fingerprint density at radius 3 is 2.38 bits per heavy atom. The van der Waals surface area contributed by atoms with Gasteiger partial charge in [0.15, 0.2) is 0 Å². The predicted molar refractivity (Wildman–Crippen MR) is 53.9 cm³/mol. The lowest BCUT2D eigenvalue weighted by Crippen LogP contribution is -2.40. The fourth-order valence-electron chi connectivity index (χ4n) is 2.12. The molecule has 0 spiro atoms. The van der Waals surface area contributed by atoms with Gasteiger partial charge in [-0.2, -0.15) is 4.89 Å². The van der Waals surface area contributed by atoms with Crippen molar-refractivity contribution < 1.29 is 25.4 Å². The molecule has 0 aromatic heterocycles. The molecular formula is C11H14O5. The van der Waals surface area contributed by atoms with Crippen LogP contribution in [0, 0.1) is 0 Å². The summed E-state index contributed by atoms with van der Waals surface area (Å²) in [5.74, 6) is -1.71. The molecule has 0 aliphatic heterocycles. The quantitative estimate of drug-likeness (QED) is 0.402. The summed E-state index contributed by atoms with van der Waals surface area (Å²) in [4.78, 5) is 4.49. The molecule has 5 heteroatoms. The maximum Gasteiger partial charge on any atom is 0.228 e.